The highest BCUT2D eigenvalue weighted by Gasteiger charge is 2.26. The van der Waals surface area contributed by atoms with E-state index in [1.807, 2.05) is 0 Å². The molecular formula is C16H17ClN4O3S2. The minimum Gasteiger partial charge on any atom is -0.468 e. The van der Waals surface area contributed by atoms with Crippen molar-refractivity contribution in [3.05, 3.63) is 64.0 Å². The van der Waals surface area contributed by atoms with Gasteiger partial charge in [0.05, 0.1) is 17.7 Å². The number of rotatable bonds is 7. The van der Waals surface area contributed by atoms with Crippen LogP contribution in [0.4, 0.5) is 0 Å². The minimum absolute atomic E-state index is 0.118. The molecule has 0 aliphatic rings. The summed E-state index contributed by atoms with van der Waals surface area (Å²) < 4.78 is 35.0. The molecule has 1 aromatic carbocycles. The van der Waals surface area contributed by atoms with Crippen LogP contribution in [0.1, 0.15) is 11.6 Å². The predicted molar refractivity (Wildman–Crippen MR) is 99.9 cm³/mol. The smallest absolute Gasteiger partial charge is 0.243 e. The van der Waals surface area contributed by atoms with E-state index in [9.17, 15) is 8.42 Å². The fraction of sp³-hybridized carbons (Fsp3) is 0.250. The Bertz CT molecular complexity index is 1020. The van der Waals surface area contributed by atoms with E-state index in [0.717, 1.165) is 0 Å². The Labute approximate surface area is 161 Å². The molecule has 1 N–H and O–H groups in total. The monoisotopic (exact) mass is 412 g/mol. The maximum atomic E-state index is 13.1. The molecule has 0 fully saturated rings. The molecule has 10 heteroatoms. The Balaban J connectivity index is 1.88. The van der Waals surface area contributed by atoms with Crippen molar-refractivity contribution < 1.29 is 12.8 Å². The maximum Gasteiger partial charge on any atom is 0.243 e. The van der Waals surface area contributed by atoms with Gasteiger partial charge in [0.25, 0.3) is 0 Å². The third-order valence-electron chi connectivity index (χ3n) is 3.92. The van der Waals surface area contributed by atoms with Gasteiger partial charge in [0, 0.05) is 25.0 Å². The second-order valence-corrected chi connectivity index (χ2v) is 8.39. The van der Waals surface area contributed by atoms with Crippen molar-refractivity contribution in [1.82, 2.24) is 19.1 Å². The zero-order valence-electron chi connectivity index (χ0n) is 13.9. The number of nitrogens with zero attached hydrogens (tertiary/aromatic N) is 3. The summed E-state index contributed by atoms with van der Waals surface area (Å²) in [6, 6.07) is 9.54. The second-order valence-electron chi connectivity index (χ2n) is 5.63. The molecule has 0 unspecified atom stereocenters. The van der Waals surface area contributed by atoms with Gasteiger partial charge in [-0.05, 0) is 48.6 Å². The lowest BCUT2D eigenvalue weighted by molar-refractivity contribution is 0.363. The molecule has 3 aromatic rings. The van der Waals surface area contributed by atoms with Crippen LogP contribution in [0.25, 0.3) is 0 Å². The lowest BCUT2D eigenvalue weighted by atomic mass is 10.3. The Hall–Kier alpha value is -1.94. The lowest BCUT2D eigenvalue weighted by Crippen LogP contribution is -2.33. The zero-order chi connectivity index (χ0) is 18.7. The van der Waals surface area contributed by atoms with Gasteiger partial charge >= 0.3 is 0 Å². The van der Waals surface area contributed by atoms with Crippen LogP contribution in [0.15, 0.2) is 52.0 Å². The normalized spacial score (nSPS) is 12.0. The van der Waals surface area contributed by atoms with E-state index >= 15 is 0 Å². The first-order valence-corrected chi connectivity index (χ1v) is 9.99. The van der Waals surface area contributed by atoms with E-state index in [2.05, 4.69) is 10.2 Å². The number of nitrogens with one attached hydrogen (secondary N) is 1. The van der Waals surface area contributed by atoms with Gasteiger partial charge in [-0.1, -0.05) is 11.6 Å². The third kappa shape index (κ3) is 4.07. The van der Waals surface area contributed by atoms with Crippen LogP contribution in [0, 0.1) is 4.77 Å². The van der Waals surface area contributed by atoms with E-state index in [1.54, 1.807) is 35.9 Å². The molecule has 3 rings (SSSR count). The van der Waals surface area contributed by atoms with Crippen LogP contribution >= 0.6 is 23.8 Å². The summed E-state index contributed by atoms with van der Waals surface area (Å²) in [5, 5.41) is 7.31. The summed E-state index contributed by atoms with van der Waals surface area (Å²) in [6.07, 6.45) is 1.91. The van der Waals surface area contributed by atoms with Crippen LogP contribution in [-0.4, -0.2) is 34.0 Å². The largest absolute Gasteiger partial charge is 0.468 e. The molecule has 2 heterocycles. The second kappa shape index (κ2) is 7.75. The number of furan rings is 1. The Kier molecular flexibility index (Phi) is 5.61. The van der Waals surface area contributed by atoms with Crippen LogP contribution in [0.5, 0.6) is 0 Å². The molecule has 0 amide bonds. The fourth-order valence-electron chi connectivity index (χ4n) is 2.44. The molecule has 0 saturated carbocycles. The summed E-state index contributed by atoms with van der Waals surface area (Å²) in [5.74, 6) is 1.23. The Morgan fingerprint density at radius 1 is 1.31 bits per heavy atom. The highest BCUT2D eigenvalue weighted by atomic mass is 35.5. The first-order valence-electron chi connectivity index (χ1n) is 7.76. The molecule has 0 aliphatic carbocycles. The van der Waals surface area contributed by atoms with E-state index in [0.29, 0.717) is 27.8 Å². The van der Waals surface area contributed by atoms with Crippen LogP contribution in [-0.2, 0) is 30.0 Å². The highest BCUT2D eigenvalue weighted by molar-refractivity contribution is 7.89. The number of aromatic nitrogens is 3. The van der Waals surface area contributed by atoms with Gasteiger partial charge in [-0.15, -0.1) is 0 Å². The third-order valence-corrected chi connectivity index (χ3v) is 6.40. The van der Waals surface area contributed by atoms with E-state index in [4.69, 9.17) is 28.2 Å². The number of hydrogen-bond acceptors (Lipinski definition) is 5. The topological polar surface area (TPSA) is 84.1 Å². The minimum atomic E-state index is -3.73. The fourth-order valence-corrected chi connectivity index (χ4v) is 4.13. The maximum absolute atomic E-state index is 13.1. The van der Waals surface area contributed by atoms with Crippen molar-refractivity contribution in [2.45, 2.75) is 17.9 Å². The molecule has 7 nitrogen and oxygen atoms in total. The predicted octanol–water partition coefficient (Wildman–Crippen LogP) is 3.16. The molecule has 0 saturated heterocycles. The quantitative estimate of drug-likeness (QED) is 0.602. The lowest BCUT2D eigenvalue weighted by Gasteiger charge is -2.21. The molecule has 0 aliphatic heterocycles. The van der Waals surface area contributed by atoms with Crippen molar-refractivity contribution >= 4 is 33.8 Å². The Morgan fingerprint density at radius 3 is 2.62 bits per heavy atom. The number of benzene rings is 1. The zero-order valence-corrected chi connectivity index (χ0v) is 16.3. The number of H-pyrrole nitrogens is 1. The highest BCUT2D eigenvalue weighted by Crippen LogP contribution is 2.21. The van der Waals surface area contributed by atoms with Crippen molar-refractivity contribution in [3.8, 4) is 0 Å². The van der Waals surface area contributed by atoms with Crippen molar-refractivity contribution in [3.63, 3.8) is 0 Å². The van der Waals surface area contributed by atoms with Gasteiger partial charge in [0.1, 0.15) is 11.6 Å². The SMILES string of the molecule is Cn1c(CCN(Cc2ccco2)S(=O)(=O)c2ccc(Cl)cc2)n[nH]c1=S. The first kappa shape index (κ1) is 18.8. The molecule has 2 aromatic heterocycles. The average molecular weight is 413 g/mol. The van der Waals surface area contributed by atoms with Crippen molar-refractivity contribution in [2.24, 2.45) is 7.05 Å². The summed E-state index contributed by atoms with van der Waals surface area (Å²) in [5.41, 5.74) is 0. The van der Waals surface area contributed by atoms with Crippen LogP contribution < -0.4 is 0 Å². The average Bonchev–Trinajstić information content (AvgIpc) is 3.23. The van der Waals surface area contributed by atoms with Gasteiger partial charge in [-0.25, -0.2) is 8.42 Å². The molecule has 0 bridgehead atoms. The van der Waals surface area contributed by atoms with Gasteiger partial charge in [0.15, 0.2) is 4.77 Å². The molecule has 138 valence electrons. The van der Waals surface area contributed by atoms with Gasteiger partial charge in [0.2, 0.25) is 10.0 Å². The van der Waals surface area contributed by atoms with Gasteiger partial charge in [-0.2, -0.15) is 9.40 Å². The summed E-state index contributed by atoms with van der Waals surface area (Å²) in [7, 11) is -1.95. The summed E-state index contributed by atoms with van der Waals surface area (Å²) in [4.78, 5) is 0.170. The number of sulfonamides is 1. The van der Waals surface area contributed by atoms with Crippen molar-refractivity contribution in [1.29, 1.82) is 0 Å². The number of hydrogen-bond donors (Lipinski definition) is 1. The van der Waals surface area contributed by atoms with E-state index in [1.165, 1.54) is 22.7 Å². The molecule has 26 heavy (non-hydrogen) atoms. The van der Waals surface area contributed by atoms with Crippen molar-refractivity contribution in [2.75, 3.05) is 6.54 Å². The number of aromatic amines is 1. The number of halogens is 1. The standard InChI is InChI=1S/C16H17ClN4O3S2/c1-20-15(18-19-16(20)25)8-9-21(11-13-3-2-10-24-13)26(22,23)14-6-4-12(17)5-7-14/h2-7,10H,8-9,11H2,1H3,(H,19,25). The first-order chi connectivity index (χ1) is 12.4. The van der Waals surface area contributed by atoms with Crippen LogP contribution in [0.3, 0.4) is 0 Å². The van der Waals surface area contributed by atoms with Crippen LogP contribution in [0.2, 0.25) is 5.02 Å². The van der Waals surface area contributed by atoms with E-state index < -0.39 is 10.0 Å². The van der Waals surface area contributed by atoms with E-state index in [-0.39, 0.29) is 18.0 Å². The Morgan fingerprint density at radius 2 is 2.04 bits per heavy atom. The molecule has 0 spiro atoms. The summed E-state index contributed by atoms with van der Waals surface area (Å²) >= 11 is 11.0. The molecular weight excluding hydrogens is 396 g/mol. The molecule has 0 atom stereocenters. The molecule has 0 radical (unpaired) electrons. The van der Waals surface area contributed by atoms with Gasteiger partial charge in [-0.3, -0.25) is 5.10 Å². The van der Waals surface area contributed by atoms with Gasteiger partial charge < -0.3 is 8.98 Å². The summed E-state index contributed by atoms with van der Waals surface area (Å²) in [6.45, 7) is 0.339.